The molecule has 2 aromatic heterocycles. The van der Waals surface area contributed by atoms with E-state index in [1.165, 1.54) is 4.88 Å². The third-order valence-electron chi connectivity index (χ3n) is 4.09. The maximum absolute atomic E-state index is 12.6. The number of halogens is 1. The molecule has 0 saturated heterocycles. The number of aryl methyl sites for hydroxylation is 2. The van der Waals surface area contributed by atoms with Gasteiger partial charge in [0.2, 0.25) is 0 Å². The highest BCUT2D eigenvalue weighted by Gasteiger charge is 2.30. The predicted octanol–water partition coefficient (Wildman–Crippen LogP) is 4.18. The second-order valence-corrected chi connectivity index (χ2v) is 7.31. The van der Waals surface area contributed by atoms with E-state index in [9.17, 15) is 4.79 Å². The van der Waals surface area contributed by atoms with Crippen molar-refractivity contribution >= 4 is 51.1 Å². The van der Waals surface area contributed by atoms with Crippen molar-refractivity contribution < 1.29 is 4.79 Å². The van der Waals surface area contributed by atoms with Crippen molar-refractivity contribution in [1.82, 2.24) is 9.38 Å². The lowest BCUT2D eigenvalue weighted by Crippen LogP contribution is -2.20. The molecule has 0 saturated carbocycles. The maximum atomic E-state index is 12.6. The van der Waals surface area contributed by atoms with Gasteiger partial charge in [0.1, 0.15) is 0 Å². The van der Waals surface area contributed by atoms with Gasteiger partial charge in [-0.3, -0.25) is 9.20 Å². The van der Waals surface area contributed by atoms with Crippen LogP contribution in [0.1, 0.15) is 21.8 Å². The summed E-state index contributed by atoms with van der Waals surface area (Å²) in [6, 6.07) is 5.53. The van der Waals surface area contributed by atoms with Gasteiger partial charge in [0, 0.05) is 28.7 Å². The number of likely N-dealkylation sites (N-methyl/N-ethyl adjacent to an activating group) is 1. The Morgan fingerprint density at radius 2 is 2.09 bits per heavy atom. The van der Waals surface area contributed by atoms with E-state index in [-0.39, 0.29) is 5.91 Å². The van der Waals surface area contributed by atoms with E-state index >= 15 is 0 Å². The van der Waals surface area contributed by atoms with Gasteiger partial charge in [0.05, 0.1) is 22.6 Å². The van der Waals surface area contributed by atoms with Gasteiger partial charge in [-0.2, -0.15) is 0 Å². The largest absolute Gasteiger partial charge is 0.311 e. The van der Waals surface area contributed by atoms with Crippen molar-refractivity contribution in [3.63, 3.8) is 0 Å². The molecule has 0 N–H and O–H groups in total. The molecule has 1 aliphatic heterocycles. The molecule has 1 aliphatic rings. The number of hydrogen-bond donors (Lipinski definition) is 0. The molecule has 0 fully saturated rings. The van der Waals surface area contributed by atoms with E-state index in [0.29, 0.717) is 10.6 Å². The average Bonchev–Trinajstić information content (AvgIpc) is 3.06. The molecule has 0 radical (unpaired) electrons. The van der Waals surface area contributed by atoms with Crippen LogP contribution in [0, 0.1) is 13.8 Å². The van der Waals surface area contributed by atoms with Crippen LogP contribution in [0.25, 0.3) is 16.6 Å². The number of fused-ring (bicyclic) bond motifs is 2. The molecular formula is C17H14ClN3OS. The van der Waals surface area contributed by atoms with Crippen molar-refractivity contribution in [1.29, 1.82) is 0 Å². The molecule has 0 bridgehead atoms. The fourth-order valence-electron chi connectivity index (χ4n) is 2.95. The van der Waals surface area contributed by atoms with E-state index in [2.05, 4.69) is 18.1 Å². The first-order valence-corrected chi connectivity index (χ1v) is 8.40. The summed E-state index contributed by atoms with van der Waals surface area (Å²) in [5.41, 5.74) is 4.25. The first kappa shape index (κ1) is 14.5. The zero-order chi connectivity index (χ0) is 16.3. The molecule has 0 aliphatic carbocycles. The molecule has 0 atom stereocenters. The van der Waals surface area contributed by atoms with Gasteiger partial charge in [-0.1, -0.05) is 11.6 Å². The van der Waals surface area contributed by atoms with Crippen molar-refractivity contribution in [2.45, 2.75) is 13.8 Å². The van der Waals surface area contributed by atoms with Gasteiger partial charge in [-0.25, -0.2) is 4.98 Å². The molecule has 3 aromatic rings. The number of nitrogens with zero attached hydrogens (tertiary/aromatic N) is 3. The van der Waals surface area contributed by atoms with Crippen LogP contribution in [0.2, 0.25) is 5.02 Å². The van der Waals surface area contributed by atoms with Gasteiger partial charge in [-0.15, -0.1) is 11.3 Å². The highest BCUT2D eigenvalue weighted by atomic mass is 35.5. The lowest BCUT2D eigenvalue weighted by molar-refractivity contribution is -0.112. The molecule has 0 spiro atoms. The summed E-state index contributed by atoms with van der Waals surface area (Å²) >= 11 is 7.76. The van der Waals surface area contributed by atoms with Gasteiger partial charge in [0.25, 0.3) is 5.91 Å². The van der Waals surface area contributed by atoms with Gasteiger partial charge in [-0.05, 0) is 38.1 Å². The Hall–Kier alpha value is -2.11. The van der Waals surface area contributed by atoms with Crippen molar-refractivity contribution in [3.8, 4) is 0 Å². The van der Waals surface area contributed by atoms with Crippen LogP contribution in [-0.2, 0) is 4.79 Å². The van der Waals surface area contributed by atoms with E-state index in [0.717, 1.165) is 27.6 Å². The molecule has 4 rings (SSSR count). The Morgan fingerprint density at radius 3 is 2.87 bits per heavy atom. The number of thiazole rings is 1. The van der Waals surface area contributed by atoms with E-state index in [4.69, 9.17) is 11.6 Å². The van der Waals surface area contributed by atoms with Crippen LogP contribution in [0.4, 0.5) is 5.69 Å². The molecule has 23 heavy (non-hydrogen) atoms. The van der Waals surface area contributed by atoms with E-state index < -0.39 is 0 Å². The van der Waals surface area contributed by atoms with E-state index in [1.807, 2.05) is 29.5 Å². The number of carbonyl (C=O) groups excluding carboxylic acids is 1. The molecule has 1 amide bonds. The monoisotopic (exact) mass is 343 g/mol. The van der Waals surface area contributed by atoms with Crippen molar-refractivity contribution in [2.24, 2.45) is 0 Å². The minimum atomic E-state index is -0.0245. The number of rotatable bonds is 1. The smallest absolute Gasteiger partial charge is 0.258 e. The number of benzene rings is 1. The summed E-state index contributed by atoms with van der Waals surface area (Å²) in [5.74, 6) is -0.0245. The minimum absolute atomic E-state index is 0.0245. The molecular weight excluding hydrogens is 330 g/mol. The summed E-state index contributed by atoms with van der Waals surface area (Å²) < 4.78 is 2.04. The molecule has 1 aromatic carbocycles. The summed E-state index contributed by atoms with van der Waals surface area (Å²) in [5, 5.41) is 0.624. The second kappa shape index (κ2) is 4.94. The van der Waals surface area contributed by atoms with Crippen LogP contribution >= 0.6 is 22.9 Å². The summed E-state index contributed by atoms with van der Waals surface area (Å²) in [4.78, 5) is 21.0. The molecule has 3 heterocycles. The van der Waals surface area contributed by atoms with Crippen LogP contribution < -0.4 is 4.90 Å². The molecule has 116 valence electrons. The van der Waals surface area contributed by atoms with Crippen molar-refractivity contribution in [2.75, 3.05) is 11.9 Å². The summed E-state index contributed by atoms with van der Waals surface area (Å²) in [6.45, 7) is 4.01. The number of hydrogen-bond acceptors (Lipinski definition) is 3. The Labute approximate surface area is 142 Å². The van der Waals surface area contributed by atoms with Crippen molar-refractivity contribution in [3.05, 3.63) is 51.2 Å². The Morgan fingerprint density at radius 1 is 1.30 bits per heavy atom. The Balaban J connectivity index is 1.96. The number of anilines is 1. The molecule has 6 heteroatoms. The normalized spacial score (nSPS) is 15.9. The third kappa shape index (κ3) is 2.11. The van der Waals surface area contributed by atoms with Crippen LogP contribution in [0.15, 0.2) is 24.4 Å². The molecule has 0 unspecified atom stereocenters. The highest BCUT2D eigenvalue weighted by molar-refractivity contribution is 7.17. The highest BCUT2D eigenvalue weighted by Crippen LogP contribution is 2.38. The summed E-state index contributed by atoms with van der Waals surface area (Å²) in [7, 11) is 1.78. The topological polar surface area (TPSA) is 37.6 Å². The number of imidazole rings is 1. The SMILES string of the molecule is Cc1cn2c(/C=C3/C(=O)N(C)c4ccc(Cl)cc43)c(C)nc2s1. The maximum Gasteiger partial charge on any atom is 0.258 e. The van der Waals surface area contributed by atoms with E-state index in [1.54, 1.807) is 29.4 Å². The van der Waals surface area contributed by atoms with Gasteiger partial charge < -0.3 is 4.90 Å². The summed E-state index contributed by atoms with van der Waals surface area (Å²) in [6.07, 6.45) is 3.97. The van der Waals surface area contributed by atoms with Gasteiger partial charge >= 0.3 is 0 Å². The number of carbonyl (C=O) groups is 1. The van der Waals surface area contributed by atoms with Gasteiger partial charge in [0.15, 0.2) is 4.96 Å². The Kier molecular flexibility index (Phi) is 3.11. The Bertz CT molecular complexity index is 999. The third-order valence-corrected chi connectivity index (χ3v) is 5.22. The standard InChI is InChI=1S/C17H14ClN3OS/c1-9-8-21-15(10(2)19-17(21)23-9)7-13-12-6-11(18)4-5-14(12)20(3)16(13)22/h4-8H,1-3H3/b13-7+. The fraction of sp³-hybridized carbons (Fsp3) is 0.176. The van der Waals surface area contributed by atoms with Crippen LogP contribution in [0.3, 0.4) is 0 Å². The lowest BCUT2D eigenvalue weighted by Gasteiger charge is -2.08. The minimum Gasteiger partial charge on any atom is -0.311 e. The number of aromatic nitrogens is 2. The molecule has 4 nitrogen and oxygen atoms in total. The lowest BCUT2D eigenvalue weighted by atomic mass is 10.1. The average molecular weight is 344 g/mol. The predicted molar refractivity (Wildman–Crippen MR) is 95.3 cm³/mol. The first-order chi connectivity index (χ1) is 11.0. The zero-order valence-electron chi connectivity index (χ0n) is 12.9. The fourth-order valence-corrected chi connectivity index (χ4v) is 4.00. The quantitative estimate of drug-likeness (QED) is 0.621. The zero-order valence-corrected chi connectivity index (χ0v) is 14.5. The van der Waals surface area contributed by atoms with Crippen LogP contribution in [-0.4, -0.2) is 22.3 Å². The number of amides is 1. The first-order valence-electron chi connectivity index (χ1n) is 7.20. The second-order valence-electron chi connectivity index (χ2n) is 5.66. The van der Waals surface area contributed by atoms with Crippen LogP contribution in [0.5, 0.6) is 0 Å².